The number of hydrogen-bond acceptors (Lipinski definition) is 3. The first kappa shape index (κ1) is 11.8. The average molecular weight is 255 g/mol. The Kier molecular flexibility index (Phi) is 2.90. The first-order valence-electron chi connectivity index (χ1n) is 6.63. The first-order chi connectivity index (χ1) is 8.05. The highest BCUT2D eigenvalue weighted by Gasteiger charge is 2.46. The Balaban J connectivity index is 1.66. The maximum Gasteiger partial charge on any atom is 0.228 e. The Morgan fingerprint density at radius 3 is 2.82 bits per heavy atom. The molecule has 0 saturated carbocycles. The van der Waals surface area contributed by atoms with Crippen molar-refractivity contribution in [3.63, 3.8) is 0 Å². The second-order valence-electron chi connectivity index (χ2n) is 6.08. The second-order valence-corrected chi connectivity index (χ2v) is 7.89. The molecule has 0 radical (unpaired) electrons. The number of carbonyl (C=O) groups is 1. The molecule has 3 rings (SSSR count). The Labute approximate surface area is 107 Å². The van der Waals surface area contributed by atoms with Gasteiger partial charge in [0.15, 0.2) is 0 Å². The summed E-state index contributed by atoms with van der Waals surface area (Å²) in [7, 11) is 0. The van der Waals surface area contributed by atoms with Gasteiger partial charge in [-0.1, -0.05) is 0 Å². The summed E-state index contributed by atoms with van der Waals surface area (Å²) in [6, 6.07) is 0. The number of ether oxygens (including phenoxy) is 1. The Morgan fingerprint density at radius 1 is 1.41 bits per heavy atom. The molecule has 3 unspecified atom stereocenters. The van der Waals surface area contributed by atoms with Gasteiger partial charge in [-0.3, -0.25) is 4.79 Å². The van der Waals surface area contributed by atoms with Crippen LogP contribution in [-0.4, -0.2) is 46.6 Å². The van der Waals surface area contributed by atoms with Crippen molar-refractivity contribution < 1.29 is 9.53 Å². The molecule has 3 fully saturated rings. The summed E-state index contributed by atoms with van der Waals surface area (Å²) in [5.74, 6) is 1.58. The predicted molar refractivity (Wildman–Crippen MR) is 69.1 cm³/mol. The van der Waals surface area contributed by atoms with Crippen LogP contribution in [0.2, 0.25) is 0 Å². The lowest BCUT2D eigenvalue weighted by atomic mass is 9.88. The summed E-state index contributed by atoms with van der Waals surface area (Å²) in [4.78, 5) is 14.6. The fourth-order valence-corrected chi connectivity index (χ4v) is 4.45. The number of carbonyl (C=O) groups excluding carboxylic acids is 1. The fraction of sp³-hybridized carbons (Fsp3) is 0.923. The number of nitrogens with zero attached hydrogens (tertiary/aromatic N) is 1. The molecule has 0 aliphatic carbocycles. The van der Waals surface area contributed by atoms with E-state index in [1.54, 1.807) is 0 Å². The van der Waals surface area contributed by atoms with Crippen LogP contribution in [0.25, 0.3) is 0 Å². The molecule has 0 N–H and O–H groups in total. The van der Waals surface area contributed by atoms with Crippen molar-refractivity contribution in [2.24, 2.45) is 5.92 Å². The molecule has 0 spiro atoms. The standard InChI is InChI=1S/C13H21NO2S/c1-13(2)8-14(5-6-17-13)12(15)10-7-9-3-4-11(10)16-9/h9-11H,3-8H2,1-2H3. The van der Waals surface area contributed by atoms with Crippen molar-refractivity contribution in [2.75, 3.05) is 18.8 Å². The number of amides is 1. The van der Waals surface area contributed by atoms with E-state index in [1.165, 1.54) is 0 Å². The number of rotatable bonds is 1. The van der Waals surface area contributed by atoms with Gasteiger partial charge in [-0.25, -0.2) is 0 Å². The van der Waals surface area contributed by atoms with Crippen LogP contribution in [0.4, 0.5) is 0 Å². The maximum absolute atomic E-state index is 12.5. The van der Waals surface area contributed by atoms with Crippen molar-refractivity contribution in [3.05, 3.63) is 0 Å². The van der Waals surface area contributed by atoms with Gasteiger partial charge < -0.3 is 9.64 Å². The van der Waals surface area contributed by atoms with Gasteiger partial charge in [-0.05, 0) is 33.1 Å². The Morgan fingerprint density at radius 2 is 2.24 bits per heavy atom. The van der Waals surface area contributed by atoms with E-state index in [9.17, 15) is 4.79 Å². The quantitative estimate of drug-likeness (QED) is 0.717. The molecule has 3 nitrogen and oxygen atoms in total. The highest BCUT2D eigenvalue weighted by atomic mass is 32.2. The van der Waals surface area contributed by atoms with Crippen molar-refractivity contribution in [1.29, 1.82) is 0 Å². The lowest BCUT2D eigenvalue weighted by molar-refractivity contribution is -0.137. The largest absolute Gasteiger partial charge is 0.374 e. The molecule has 3 aliphatic heterocycles. The van der Waals surface area contributed by atoms with E-state index in [-0.39, 0.29) is 16.8 Å². The van der Waals surface area contributed by atoms with E-state index < -0.39 is 0 Å². The van der Waals surface area contributed by atoms with Gasteiger partial charge in [0, 0.05) is 23.6 Å². The van der Waals surface area contributed by atoms with Crippen LogP contribution in [0.15, 0.2) is 0 Å². The minimum Gasteiger partial charge on any atom is -0.374 e. The van der Waals surface area contributed by atoms with E-state index in [2.05, 4.69) is 18.7 Å². The van der Waals surface area contributed by atoms with Crippen LogP contribution in [0.3, 0.4) is 0 Å². The van der Waals surface area contributed by atoms with Crippen LogP contribution in [0.5, 0.6) is 0 Å². The Hall–Kier alpha value is -0.220. The van der Waals surface area contributed by atoms with Gasteiger partial charge in [0.1, 0.15) is 0 Å². The van der Waals surface area contributed by atoms with Gasteiger partial charge in [0.2, 0.25) is 5.91 Å². The van der Waals surface area contributed by atoms with Crippen molar-refractivity contribution in [2.45, 2.75) is 50.1 Å². The highest BCUT2D eigenvalue weighted by Crippen LogP contribution is 2.40. The predicted octanol–water partition coefficient (Wildman–Crippen LogP) is 1.91. The van der Waals surface area contributed by atoms with Gasteiger partial charge in [-0.15, -0.1) is 0 Å². The van der Waals surface area contributed by atoms with E-state index in [1.807, 2.05) is 11.8 Å². The third-order valence-corrected chi connectivity index (χ3v) is 5.46. The van der Waals surface area contributed by atoms with Crippen molar-refractivity contribution in [1.82, 2.24) is 4.90 Å². The first-order valence-corrected chi connectivity index (χ1v) is 7.62. The van der Waals surface area contributed by atoms with Crippen LogP contribution >= 0.6 is 11.8 Å². The van der Waals surface area contributed by atoms with Gasteiger partial charge in [0.25, 0.3) is 0 Å². The molecule has 3 saturated heterocycles. The van der Waals surface area contributed by atoms with E-state index >= 15 is 0 Å². The summed E-state index contributed by atoms with van der Waals surface area (Å²) < 4.78 is 6.01. The van der Waals surface area contributed by atoms with Gasteiger partial charge in [0.05, 0.1) is 18.1 Å². The van der Waals surface area contributed by atoms with Crippen LogP contribution in [0.1, 0.15) is 33.1 Å². The molecule has 3 aliphatic rings. The lowest BCUT2D eigenvalue weighted by Crippen LogP contribution is -2.49. The smallest absolute Gasteiger partial charge is 0.228 e. The second kappa shape index (κ2) is 4.16. The van der Waals surface area contributed by atoms with Crippen LogP contribution < -0.4 is 0 Å². The molecule has 3 heterocycles. The zero-order valence-electron chi connectivity index (χ0n) is 10.6. The maximum atomic E-state index is 12.5. The molecule has 0 aromatic carbocycles. The van der Waals surface area contributed by atoms with Crippen molar-refractivity contribution in [3.8, 4) is 0 Å². The van der Waals surface area contributed by atoms with Gasteiger partial charge in [-0.2, -0.15) is 11.8 Å². The summed E-state index contributed by atoms with van der Waals surface area (Å²) in [6.07, 6.45) is 3.82. The third-order valence-electron chi connectivity index (χ3n) is 4.16. The van der Waals surface area contributed by atoms with E-state index in [0.29, 0.717) is 12.0 Å². The third kappa shape index (κ3) is 2.22. The summed E-state index contributed by atoms with van der Waals surface area (Å²) >= 11 is 1.97. The minimum absolute atomic E-state index is 0.160. The molecule has 0 aromatic rings. The lowest BCUT2D eigenvalue weighted by Gasteiger charge is -2.39. The summed E-state index contributed by atoms with van der Waals surface area (Å²) in [5.41, 5.74) is 0. The number of thioether (sulfide) groups is 1. The molecule has 4 heteroatoms. The molecule has 96 valence electrons. The number of fused-ring (bicyclic) bond motifs is 2. The molecular weight excluding hydrogens is 234 g/mol. The molecule has 0 aromatic heterocycles. The molecule has 1 amide bonds. The summed E-state index contributed by atoms with van der Waals surface area (Å²) in [5, 5.41) is 0. The molecular formula is C13H21NO2S. The number of hydrogen-bond donors (Lipinski definition) is 0. The Bertz CT molecular complexity index is 331. The SMILES string of the molecule is CC1(C)CN(C(=O)C2CC3CCC2O3)CCS1. The van der Waals surface area contributed by atoms with Crippen LogP contribution in [-0.2, 0) is 9.53 Å². The van der Waals surface area contributed by atoms with Crippen LogP contribution in [0, 0.1) is 5.92 Å². The molecule has 2 bridgehead atoms. The summed E-state index contributed by atoms with van der Waals surface area (Å²) in [6.45, 7) is 6.27. The fourth-order valence-electron chi connectivity index (χ4n) is 3.34. The van der Waals surface area contributed by atoms with Gasteiger partial charge >= 0.3 is 0 Å². The molecule has 3 atom stereocenters. The van der Waals surface area contributed by atoms with E-state index in [4.69, 9.17) is 4.74 Å². The zero-order chi connectivity index (χ0) is 12.0. The zero-order valence-corrected chi connectivity index (χ0v) is 11.5. The molecule has 17 heavy (non-hydrogen) atoms. The van der Waals surface area contributed by atoms with Crippen molar-refractivity contribution >= 4 is 17.7 Å². The highest BCUT2D eigenvalue weighted by molar-refractivity contribution is 8.00. The monoisotopic (exact) mass is 255 g/mol. The topological polar surface area (TPSA) is 29.5 Å². The minimum atomic E-state index is 0.160. The van der Waals surface area contributed by atoms with E-state index in [0.717, 1.165) is 38.1 Å². The normalized spacial score (nSPS) is 39.6. The average Bonchev–Trinajstić information content (AvgIpc) is 2.88.